The molecule has 3 nitrogen and oxygen atoms in total. The molecule has 2 N–H and O–H groups in total. The molecule has 0 spiro atoms. The van der Waals surface area contributed by atoms with Crippen LogP contribution < -0.4 is 5.32 Å². The Hall–Kier alpha value is -0.620. The second-order valence-electron chi connectivity index (χ2n) is 5.56. The monoisotopic (exact) mass is 310 g/mol. The number of thiazole rings is 1. The molecule has 0 amide bonds. The van der Waals surface area contributed by atoms with Gasteiger partial charge in [-0.05, 0) is 25.5 Å². The summed E-state index contributed by atoms with van der Waals surface area (Å²) in [5, 5.41) is 13.0. The number of thioether (sulfide) groups is 1. The smallest absolute Gasteiger partial charge is 0.151 e. The Morgan fingerprint density at radius 3 is 2.80 bits per heavy atom. The van der Waals surface area contributed by atoms with Gasteiger partial charge in [0.15, 0.2) is 4.34 Å². The van der Waals surface area contributed by atoms with E-state index in [9.17, 15) is 5.11 Å². The first-order valence-corrected chi connectivity index (χ1v) is 8.69. The first-order chi connectivity index (χ1) is 9.52. The van der Waals surface area contributed by atoms with Crippen LogP contribution in [0.15, 0.2) is 28.6 Å². The van der Waals surface area contributed by atoms with Gasteiger partial charge in [0.1, 0.15) is 0 Å². The maximum atomic E-state index is 9.56. The normalized spacial score (nSPS) is 14.8. The summed E-state index contributed by atoms with van der Waals surface area (Å²) in [6.45, 7) is 6.45. The summed E-state index contributed by atoms with van der Waals surface area (Å²) < 4.78 is 2.34. The van der Waals surface area contributed by atoms with Gasteiger partial charge in [-0.2, -0.15) is 0 Å². The summed E-state index contributed by atoms with van der Waals surface area (Å²) in [6, 6.07) is 8.60. The second-order valence-corrected chi connectivity index (χ2v) is 7.94. The number of rotatable bonds is 7. The van der Waals surface area contributed by atoms with Crippen LogP contribution in [0, 0.1) is 0 Å². The molecule has 0 bridgehead atoms. The number of benzene rings is 1. The lowest BCUT2D eigenvalue weighted by atomic mass is 9.99. The zero-order chi connectivity index (χ0) is 14.6. The molecule has 0 aliphatic carbocycles. The fraction of sp³-hybridized carbons (Fsp3) is 0.533. The van der Waals surface area contributed by atoms with E-state index in [0.717, 1.165) is 22.0 Å². The van der Waals surface area contributed by atoms with Crippen molar-refractivity contribution in [2.24, 2.45) is 0 Å². The molecule has 1 heterocycles. The molecule has 20 heavy (non-hydrogen) atoms. The van der Waals surface area contributed by atoms with Crippen molar-refractivity contribution in [1.82, 2.24) is 10.3 Å². The summed E-state index contributed by atoms with van der Waals surface area (Å²) >= 11 is 3.51. The lowest BCUT2D eigenvalue weighted by Crippen LogP contribution is -2.49. The third-order valence-corrected chi connectivity index (χ3v) is 5.32. The van der Waals surface area contributed by atoms with Gasteiger partial charge in [-0.3, -0.25) is 0 Å². The predicted octanol–water partition coefficient (Wildman–Crippen LogP) is 3.53. The van der Waals surface area contributed by atoms with Gasteiger partial charge in [-0.15, -0.1) is 11.3 Å². The highest BCUT2D eigenvalue weighted by atomic mass is 32.2. The van der Waals surface area contributed by atoms with E-state index < -0.39 is 0 Å². The van der Waals surface area contributed by atoms with Crippen molar-refractivity contribution in [1.29, 1.82) is 0 Å². The van der Waals surface area contributed by atoms with E-state index in [-0.39, 0.29) is 12.1 Å². The van der Waals surface area contributed by atoms with Gasteiger partial charge in [-0.1, -0.05) is 37.7 Å². The van der Waals surface area contributed by atoms with Gasteiger partial charge in [0.25, 0.3) is 0 Å². The second kappa shape index (κ2) is 6.89. The molecule has 1 atom stereocenters. The van der Waals surface area contributed by atoms with Crippen LogP contribution in [0.1, 0.15) is 27.2 Å². The quantitative estimate of drug-likeness (QED) is 0.768. The van der Waals surface area contributed by atoms with E-state index >= 15 is 0 Å². The molecule has 1 aromatic carbocycles. The summed E-state index contributed by atoms with van der Waals surface area (Å²) in [5.74, 6) is 0.955. The summed E-state index contributed by atoms with van der Waals surface area (Å²) in [4.78, 5) is 4.62. The molecular weight excluding hydrogens is 288 g/mol. The number of fused-ring (bicyclic) bond motifs is 1. The number of para-hydroxylation sites is 1. The van der Waals surface area contributed by atoms with E-state index in [4.69, 9.17) is 0 Å². The van der Waals surface area contributed by atoms with Gasteiger partial charge < -0.3 is 10.4 Å². The van der Waals surface area contributed by atoms with Crippen LogP contribution in [0.5, 0.6) is 0 Å². The molecule has 5 heteroatoms. The van der Waals surface area contributed by atoms with E-state index in [0.29, 0.717) is 6.04 Å². The van der Waals surface area contributed by atoms with Gasteiger partial charge in [0, 0.05) is 17.3 Å². The van der Waals surface area contributed by atoms with Crippen LogP contribution in [0.3, 0.4) is 0 Å². The zero-order valence-electron chi connectivity index (χ0n) is 12.2. The fourth-order valence-electron chi connectivity index (χ4n) is 2.17. The number of hydrogen-bond donors (Lipinski definition) is 2. The molecule has 0 saturated carbocycles. The molecule has 2 rings (SSSR count). The lowest BCUT2D eigenvalue weighted by Gasteiger charge is -2.30. The highest BCUT2D eigenvalue weighted by Gasteiger charge is 2.23. The van der Waals surface area contributed by atoms with Crippen molar-refractivity contribution in [3.05, 3.63) is 24.3 Å². The number of hydrogen-bond acceptors (Lipinski definition) is 5. The minimum atomic E-state index is -0.210. The molecule has 0 radical (unpaired) electrons. The Morgan fingerprint density at radius 2 is 2.15 bits per heavy atom. The molecule has 1 aromatic heterocycles. The summed E-state index contributed by atoms with van der Waals surface area (Å²) in [7, 11) is 0. The number of aliphatic hydroxyl groups is 1. The van der Waals surface area contributed by atoms with Crippen molar-refractivity contribution in [2.45, 2.75) is 43.1 Å². The van der Waals surface area contributed by atoms with Gasteiger partial charge in [0.05, 0.1) is 16.8 Å². The third-order valence-electron chi connectivity index (χ3n) is 3.14. The molecule has 1 unspecified atom stereocenters. The van der Waals surface area contributed by atoms with E-state index in [1.807, 2.05) is 18.2 Å². The average molecular weight is 310 g/mol. The van der Waals surface area contributed by atoms with Crippen LogP contribution in [-0.4, -0.2) is 34.0 Å². The predicted molar refractivity (Wildman–Crippen MR) is 88.7 cm³/mol. The maximum Gasteiger partial charge on any atom is 0.151 e. The lowest BCUT2D eigenvalue weighted by molar-refractivity contribution is 0.162. The number of nitrogens with zero attached hydrogens (tertiary/aromatic N) is 1. The van der Waals surface area contributed by atoms with Crippen molar-refractivity contribution in [3.8, 4) is 0 Å². The average Bonchev–Trinajstić information content (AvgIpc) is 2.80. The largest absolute Gasteiger partial charge is 0.394 e. The van der Waals surface area contributed by atoms with Gasteiger partial charge in [-0.25, -0.2) is 4.98 Å². The van der Waals surface area contributed by atoms with E-state index in [1.165, 1.54) is 4.70 Å². The molecule has 0 fully saturated rings. The minimum Gasteiger partial charge on any atom is -0.394 e. The Bertz CT molecular complexity index is 523. The van der Waals surface area contributed by atoms with Crippen molar-refractivity contribution in [2.75, 3.05) is 12.4 Å². The first kappa shape index (κ1) is 15.8. The first-order valence-electron chi connectivity index (χ1n) is 6.89. The number of aliphatic hydroxyl groups excluding tert-OH is 1. The molecule has 0 aliphatic heterocycles. The Balaban J connectivity index is 1.91. The Morgan fingerprint density at radius 1 is 1.40 bits per heavy atom. The van der Waals surface area contributed by atoms with Gasteiger partial charge >= 0.3 is 0 Å². The topological polar surface area (TPSA) is 45.1 Å². The van der Waals surface area contributed by atoms with Crippen LogP contribution in [-0.2, 0) is 0 Å². The summed E-state index contributed by atoms with van der Waals surface area (Å²) in [5.41, 5.74) is 0.864. The Labute approximate surface area is 128 Å². The maximum absolute atomic E-state index is 9.56. The zero-order valence-corrected chi connectivity index (χ0v) is 13.9. The van der Waals surface area contributed by atoms with Crippen LogP contribution in [0.25, 0.3) is 10.2 Å². The minimum absolute atomic E-state index is 0.158. The molecule has 2 aromatic rings. The van der Waals surface area contributed by atoms with Crippen molar-refractivity contribution in [3.63, 3.8) is 0 Å². The van der Waals surface area contributed by atoms with E-state index in [2.05, 4.69) is 37.1 Å². The summed E-state index contributed by atoms with van der Waals surface area (Å²) in [6.07, 6.45) is 0.919. The van der Waals surface area contributed by atoms with Gasteiger partial charge in [0.2, 0.25) is 0 Å². The number of aromatic nitrogens is 1. The standard InChI is InChI=1S/C15H22N2OS2/c1-11(2)17-15(3,10-18)8-9-19-14-16-12-6-4-5-7-13(12)20-14/h4-7,11,17-18H,8-10H2,1-3H3. The highest BCUT2D eigenvalue weighted by molar-refractivity contribution is 8.01. The van der Waals surface area contributed by atoms with Crippen LogP contribution in [0.2, 0.25) is 0 Å². The molecule has 110 valence electrons. The van der Waals surface area contributed by atoms with Crippen LogP contribution in [0.4, 0.5) is 0 Å². The van der Waals surface area contributed by atoms with Crippen molar-refractivity contribution < 1.29 is 5.11 Å². The molecule has 0 saturated heterocycles. The fourth-order valence-corrected chi connectivity index (χ4v) is 4.51. The highest BCUT2D eigenvalue weighted by Crippen LogP contribution is 2.30. The number of nitrogens with one attached hydrogen (secondary N) is 1. The molecule has 0 aliphatic rings. The SMILES string of the molecule is CC(C)NC(C)(CO)CCSc1nc2ccccc2s1. The van der Waals surface area contributed by atoms with E-state index in [1.54, 1.807) is 23.1 Å². The van der Waals surface area contributed by atoms with Crippen molar-refractivity contribution >= 4 is 33.3 Å². The third kappa shape index (κ3) is 4.19. The molecular formula is C15H22N2OS2. The van der Waals surface area contributed by atoms with Crippen LogP contribution >= 0.6 is 23.1 Å². The Kier molecular flexibility index (Phi) is 5.43.